The molecule has 114 valence electrons. The minimum atomic E-state index is -0.578. The molecule has 0 aliphatic rings. The second-order valence-corrected chi connectivity index (χ2v) is 5.48. The van der Waals surface area contributed by atoms with Gasteiger partial charge in [-0.1, -0.05) is 45.2 Å². The van der Waals surface area contributed by atoms with Gasteiger partial charge in [0.1, 0.15) is 5.82 Å². The molecule has 2 unspecified atom stereocenters. The van der Waals surface area contributed by atoms with Crippen molar-refractivity contribution >= 4 is 0 Å². The fourth-order valence-electron chi connectivity index (χ4n) is 2.40. The van der Waals surface area contributed by atoms with Crippen molar-refractivity contribution in [2.45, 2.75) is 65.0 Å². The molecule has 0 heterocycles. The van der Waals surface area contributed by atoms with Crippen LogP contribution in [0.2, 0.25) is 0 Å². The highest BCUT2D eigenvalue weighted by atomic mass is 19.1. The second-order valence-electron chi connectivity index (χ2n) is 5.48. The number of hydrogen-bond donors (Lipinski definition) is 2. The quantitative estimate of drug-likeness (QED) is 0.667. The third-order valence-corrected chi connectivity index (χ3v) is 3.78. The van der Waals surface area contributed by atoms with Gasteiger partial charge in [0.05, 0.1) is 6.10 Å². The molecule has 0 fully saturated rings. The number of aryl methyl sites for hydroxylation is 1. The molecule has 1 rings (SSSR count). The van der Waals surface area contributed by atoms with E-state index in [1.54, 1.807) is 19.1 Å². The number of nitrogens with one attached hydrogen (secondary N) is 1. The van der Waals surface area contributed by atoms with E-state index in [0.717, 1.165) is 24.9 Å². The summed E-state index contributed by atoms with van der Waals surface area (Å²) >= 11 is 0. The van der Waals surface area contributed by atoms with Crippen molar-refractivity contribution in [3.8, 4) is 0 Å². The topological polar surface area (TPSA) is 32.3 Å². The highest BCUT2D eigenvalue weighted by Gasteiger charge is 2.19. The van der Waals surface area contributed by atoms with Gasteiger partial charge in [-0.2, -0.15) is 0 Å². The maximum Gasteiger partial charge on any atom is 0.126 e. The summed E-state index contributed by atoms with van der Waals surface area (Å²) in [7, 11) is 0. The Morgan fingerprint density at radius 1 is 1.20 bits per heavy atom. The predicted octanol–water partition coefficient (Wildman–Crippen LogP) is 4.12. The van der Waals surface area contributed by atoms with Crippen LogP contribution in [0.15, 0.2) is 18.2 Å². The molecule has 0 radical (unpaired) electrons. The highest BCUT2D eigenvalue weighted by molar-refractivity contribution is 5.26. The normalized spacial score (nSPS) is 14.2. The lowest BCUT2D eigenvalue weighted by molar-refractivity contribution is 0.125. The molecule has 0 aromatic heterocycles. The molecule has 0 saturated carbocycles. The number of rotatable bonds is 9. The van der Waals surface area contributed by atoms with Crippen LogP contribution in [0, 0.1) is 12.7 Å². The van der Waals surface area contributed by atoms with Crippen LogP contribution in [0.1, 0.15) is 63.2 Å². The van der Waals surface area contributed by atoms with Crippen molar-refractivity contribution in [2.75, 3.05) is 6.54 Å². The number of benzene rings is 1. The van der Waals surface area contributed by atoms with E-state index >= 15 is 0 Å². The Morgan fingerprint density at radius 3 is 2.55 bits per heavy atom. The first kappa shape index (κ1) is 17.1. The van der Waals surface area contributed by atoms with Gasteiger partial charge in [0, 0.05) is 6.04 Å². The summed E-state index contributed by atoms with van der Waals surface area (Å²) in [5, 5.41) is 13.8. The zero-order chi connectivity index (χ0) is 15.0. The number of aliphatic hydroxyl groups is 1. The molecule has 3 heteroatoms. The van der Waals surface area contributed by atoms with Gasteiger partial charge in [0.15, 0.2) is 0 Å². The van der Waals surface area contributed by atoms with Gasteiger partial charge >= 0.3 is 0 Å². The van der Waals surface area contributed by atoms with Crippen molar-refractivity contribution in [3.05, 3.63) is 35.1 Å². The average molecular weight is 281 g/mol. The molecule has 0 aliphatic carbocycles. The molecular weight excluding hydrogens is 253 g/mol. The van der Waals surface area contributed by atoms with Crippen LogP contribution >= 0.6 is 0 Å². The maximum atomic E-state index is 13.3. The van der Waals surface area contributed by atoms with Gasteiger partial charge in [-0.3, -0.25) is 0 Å². The third kappa shape index (κ3) is 5.22. The van der Waals surface area contributed by atoms with Crippen molar-refractivity contribution in [3.63, 3.8) is 0 Å². The summed E-state index contributed by atoms with van der Waals surface area (Å²) in [6.45, 7) is 6.91. The summed E-state index contributed by atoms with van der Waals surface area (Å²) in [6.07, 6.45) is 5.13. The van der Waals surface area contributed by atoms with Crippen LogP contribution in [-0.4, -0.2) is 17.7 Å². The van der Waals surface area contributed by atoms with Crippen LogP contribution < -0.4 is 5.32 Å². The van der Waals surface area contributed by atoms with Gasteiger partial charge in [-0.05, 0) is 43.5 Å². The third-order valence-electron chi connectivity index (χ3n) is 3.78. The smallest absolute Gasteiger partial charge is 0.126 e. The lowest BCUT2D eigenvalue weighted by Crippen LogP contribution is -2.35. The van der Waals surface area contributed by atoms with E-state index in [0.29, 0.717) is 5.56 Å². The lowest BCUT2D eigenvalue weighted by Gasteiger charge is -2.23. The second kappa shape index (κ2) is 9.09. The average Bonchev–Trinajstić information content (AvgIpc) is 2.45. The Labute approximate surface area is 122 Å². The van der Waals surface area contributed by atoms with Crippen LogP contribution in [0.5, 0.6) is 0 Å². The van der Waals surface area contributed by atoms with Crippen molar-refractivity contribution < 1.29 is 9.50 Å². The standard InChI is InChI=1S/C17H28FNO/c1-4-6-7-8-11-19-16(5-2)17(20)14-9-10-15(18)13(3)12-14/h9-10,12,16-17,19-20H,4-8,11H2,1-3H3. The Balaban J connectivity index is 2.52. The molecular formula is C17H28FNO. The van der Waals surface area contributed by atoms with Gasteiger partial charge in [0.2, 0.25) is 0 Å². The van der Waals surface area contributed by atoms with E-state index in [1.807, 2.05) is 0 Å². The zero-order valence-electron chi connectivity index (χ0n) is 13.0. The first-order valence-electron chi connectivity index (χ1n) is 7.77. The van der Waals surface area contributed by atoms with E-state index in [2.05, 4.69) is 19.2 Å². The van der Waals surface area contributed by atoms with Crippen molar-refractivity contribution in [2.24, 2.45) is 0 Å². The van der Waals surface area contributed by atoms with Gasteiger partial charge in [0.25, 0.3) is 0 Å². The van der Waals surface area contributed by atoms with Crippen LogP contribution in [0.4, 0.5) is 4.39 Å². The first-order valence-corrected chi connectivity index (χ1v) is 7.77. The zero-order valence-corrected chi connectivity index (χ0v) is 13.0. The summed E-state index contributed by atoms with van der Waals surface area (Å²) in [6, 6.07) is 4.87. The van der Waals surface area contributed by atoms with Gasteiger partial charge in [-0.15, -0.1) is 0 Å². The van der Waals surface area contributed by atoms with E-state index in [1.165, 1.54) is 25.3 Å². The number of hydrogen-bond acceptors (Lipinski definition) is 2. The lowest BCUT2D eigenvalue weighted by atomic mass is 9.98. The van der Waals surface area contributed by atoms with Crippen LogP contribution in [0.25, 0.3) is 0 Å². The summed E-state index contributed by atoms with van der Waals surface area (Å²) in [4.78, 5) is 0. The van der Waals surface area contributed by atoms with E-state index in [9.17, 15) is 9.50 Å². The molecule has 0 spiro atoms. The summed E-state index contributed by atoms with van der Waals surface area (Å²) in [5.74, 6) is -0.221. The van der Waals surface area contributed by atoms with E-state index < -0.39 is 6.10 Å². The minimum absolute atomic E-state index is 0.0292. The van der Waals surface area contributed by atoms with Crippen molar-refractivity contribution in [1.82, 2.24) is 5.32 Å². The molecule has 2 nitrogen and oxygen atoms in total. The van der Waals surface area contributed by atoms with Crippen molar-refractivity contribution in [1.29, 1.82) is 0 Å². The monoisotopic (exact) mass is 281 g/mol. The van der Waals surface area contributed by atoms with Gasteiger partial charge < -0.3 is 10.4 Å². The Hall–Kier alpha value is -0.930. The maximum absolute atomic E-state index is 13.3. The molecule has 0 aliphatic heterocycles. The molecule has 0 bridgehead atoms. The van der Waals surface area contributed by atoms with E-state index in [4.69, 9.17) is 0 Å². The number of halogens is 1. The molecule has 1 aromatic carbocycles. The number of unbranched alkanes of at least 4 members (excludes halogenated alkanes) is 3. The largest absolute Gasteiger partial charge is 0.387 e. The SMILES string of the molecule is CCCCCCNC(CC)C(O)c1ccc(F)c(C)c1. The fraction of sp³-hybridized carbons (Fsp3) is 0.647. The number of aliphatic hydroxyl groups excluding tert-OH is 1. The fourth-order valence-corrected chi connectivity index (χ4v) is 2.40. The predicted molar refractivity (Wildman–Crippen MR) is 82.3 cm³/mol. The Kier molecular flexibility index (Phi) is 7.78. The molecule has 20 heavy (non-hydrogen) atoms. The van der Waals surface area contributed by atoms with E-state index in [-0.39, 0.29) is 11.9 Å². The summed E-state index contributed by atoms with van der Waals surface area (Å²) < 4.78 is 13.3. The molecule has 2 N–H and O–H groups in total. The Bertz CT molecular complexity index is 395. The van der Waals surface area contributed by atoms with Crippen LogP contribution in [0.3, 0.4) is 0 Å². The first-order chi connectivity index (χ1) is 9.60. The summed E-state index contributed by atoms with van der Waals surface area (Å²) in [5.41, 5.74) is 1.37. The Morgan fingerprint density at radius 2 is 1.95 bits per heavy atom. The highest BCUT2D eigenvalue weighted by Crippen LogP contribution is 2.21. The minimum Gasteiger partial charge on any atom is -0.387 e. The van der Waals surface area contributed by atoms with Crippen LogP contribution in [-0.2, 0) is 0 Å². The molecule has 1 aromatic rings. The molecule has 0 amide bonds. The van der Waals surface area contributed by atoms with Gasteiger partial charge in [-0.25, -0.2) is 4.39 Å². The molecule has 2 atom stereocenters. The molecule has 0 saturated heterocycles.